The van der Waals surface area contributed by atoms with Crippen LogP contribution >= 0.6 is 39.9 Å². The molecule has 1 aromatic carbocycles. The number of thiophene rings is 1. The minimum Gasteiger partial charge on any atom is -0.507 e. The summed E-state index contributed by atoms with van der Waals surface area (Å²) in [4.78, 5) is 0.668. The molecule has 0 spiro atoms. The normalized spacial score (nSPS) is 10.9. The second-order valence-electron chi connectivity index (χ2n) is 2.70. The van der Waals surface area contributed by atoms with Gasteiger partial charge in [0, 0.05) is 15.4 Å². The van der Waals surface area contributed by atoms with Crippen LogP contribution in [0, 0.1) is 0 Å². The predicted octanol–water partition coefficient (Wildman–Crippen LogP) is 3.79. The van der Waals surface area contributed by atoms with E-state index in [1.54, 1.807) is 17.4 Å². The molecule has 0 atom stereocenters. The lowest BCUT2D eigenvalue weighted by Gasteiger charge is -2.03. The molecule has 0 aliphatic heterocycles. The van der Waals surface area contributed by atoms with E-state index in [4.69, 9.17) is 0 Å². The van der Waals surface area contributed by atoms with Gasteiger partial charge in [-0.25, -0.2) is 0 Å². The van der Waals surface area contributed by atoms with E-state index < -0.39 is 0 Å². The molecule has 13 heavy (non-hydrogen) atoms. The highest BCUT2D eigenvalue weighted by molar-refractivity contribution is 9.08. The van der Waals surface area contributed by atoms with Crippen molar-refractivity contribution in [1.82, 2.24) is 0 Å². The van der Waals surface area contributed by atoms with Crippen molar-refractivity contribution in [3.63, 3.8) is 0 Å². The number of rotatable bonds is 1. The first-order valence-corrected chi connectivity index (χ1v) is 6.16. The summed E-state index contributed by atoms with van der Waals surface area (Å²) in [7, 11) is 0. The maximum atomic E-state index is 9.56. The topological polar surface area (TPSA) is 20.2 Å². The Morgan fingerprint density at radius 2 is 2.31 bits per heavy atom. The first kappa shape index (κ1) is 9.37. The Bertz CT molecular complexity index is 450. The van der Waals surface area contributed by atoms with Gasteiger partial charge in [-0.3, -0.25) is 0 Å². The molecule has 0 fully saturated rings. The van der Waals surface area contributed by atoms with Crippen molar-refractivity contribution in [2.45, 2.75) is 10.2 Å². The lowest BCUT2D eigenvalue weighted by Crippen LogP contribution is -1.79. The molecule has 2 aromatic rings. The molecule has 0 saturated carbocycles. The molecule has 1 N–H and O–H groups in total. The van der Waals surface area contributed by atoms with Crippen molar-refractivity contribution in [3.8, 4) is 5.75 Å². The third-order valence-electron chi connectivity index (χ3n) is 1.91. The minimum absolute atomic E-state index is 0.253. The largest absolute Gasteiger partial charge is 0.507 e. The third-order valence-corrected chi connectivity index (χ3v) is 3.97. The molecule has 1 heterocycles. The lowest BCUT2D eigenvalue weighted by atomic mass is 10.2. The Morgan fingerprint density at radius 3 is 3.00 bits per heavy atom. The number of benzene rings is 1. The van der Waals surface area contributed by atoms with Gasteiger partial charge in [0.15, 0.2) is 0 Å². The van der Waals surface area contributed by atoms with Crippen LogP contribution in [-0.2, 0) is 5.33 Å². The number of phenolic OH excluding ortho intramolecular Hbond substituents is 1. The summed E-state index contributed by atoms with van der Waals surface area (Å²) >= 11 is 9.32. The average molecular weight is 275 g/mol. The van der Waals surface area contributed by atoms with Crippen molar-refractivity contribution in [1.29, 1.82) is 0 Å². The van der Waals surface area contributed by atoms with Crippen molar-refractivity contribution in [2.75, 3.05) is 0 Å². The van der Waals surface area contributed by atoms with E-state index in [-0.39, 0.29) is 5.75 Å². The second kappa shape index (κ2) is 3.52. The van der Waals surface area contributed by atoms with Gasteiger partial charge in [0.2, 0.25) is 0 Å². The highest BCUT2D eigenvalue weighted by atomic mass is 79.9. The van der Waals surface area contributed by atoms with Gasteiger partial charge in [-0.2, -0.15) is 0 Å². The Kier molecular flexibility index (Phi) is 2.53. The smallest absolute Gasteiger partial charge is 0.129 e. The quantitative estimate of drug-likeness (QED) is 0.599. The summed E-state index contributed by atoms with van der Waals surface area (Å²) in [5.41, 5.74) is 1.11. The van der Waals surface area contributed by atoms with E-state index in [1.807, 2.05) is 11.4 Å². The summed E-state index contributed by atoms with van der Waals surface area (Å²) in [6.07, 6.45) is 0. The maximum absolute atomic E-state index is 9.56. The standard InChI is InChI=1S/C9H7BrOS2/c10-4-5-3-7(11)8(12)6-1-2-13-9(5)6/h1-3,11-12H,4H2. The molecule has 0 amide bonds. The van der Waals surface area contributed by atoms with Gasteiger partial charge >= 0.3 is 0 Å². The van der Waals surface area contributed by atoms with E-state index in [9.17, 15) is 5.11 Å². The van der Waals surface area contributed by atoms with Gasteiger partial charge in [0.25, 0.3) is 0 Å². The number of hydrogen-bond acceptors (Lipinski definition) is 3. The zero-order valence-electron chi connectivity index (χ0n) is 6.62. The molecule has 1 nitrogen and oxygen atoms in total. The van der Waals surface area contributed by atoms with Crippen LogP contribution in [0.15, 0.2) is 22.4 Å². The first-order valence-electron chi connectivity index (χ1n) is 3.71. The zero-order valence-corrected chi connectivity index (χ0v) is 9.92. The molecule has 0 radical (unpaired) electrons. The lowest BCUT2D eigenvalue weighted by molar-refractivity contribution is 0.464. The van der Waals surface area contributed by atoms with Crippen LogP contribution in [0.2, 0.25) is 0 Å². The van der Waals surface area contributed by atoms with Crippen molar-refractivity contribution < 1.29 is 5.11 Å². The molecular formula is C9H7BrOS2. The van der Waals surface area contributed by atoms with E-state index in [2.05, 4.69) is 28.6 Å². The van der Waals surface area contributed by atoms with Crippen LogP contribution in [-0.4, -0.2) is 5.11 Å². The third kappa shape index (κ3) is 1.47. The molecular weight excluding hydrogens is 268 g/mol. The summed E-state index contributed by atoms with van der Waals surface area (Å²) < 4.78 is 1.19. The number of fused-ring (bicyclic) bond motifs is 1. The van der Waals surface area contributed by atoms with Crippen LogP contribution in [0.25, 0.3) is 10.1 Å². The Balaban J connectivity index is 2.87. The van der Waals surface area contributed by atoms with Gasteiger partial charge in [0.1, 0.15) is 5.75 Å². The number of aromatic hydroxyl groups is 1. The summed E-state index contributed by atoms with van der Waals surface area (Å²) in [6, 6.07) is 3.74. The zero-order chi connectivity index (χ0) is 9.42. The van der Waals surface area contributed by atoms with Crippen LogP contribution < -0.4 is 0 Å². The van der Waals surface area contributed by atoms with E-state index in [0.29, 0.717) is 4.90 Å². The van der Waals surface area contributed by atoms with E-state index in [0.717, 1.165) is 16.3 Å². The fraction of sp³-hybridized carbons (Fsp3) is 0.111. The second-order valence-corrected chi connectivity index (χ2v) is 4.62. The average Bonchev–Trinajstić information content (AvgIpc) is 2.60. The van der Waals surface area contributed by atoms with Crippen LogP contribution in [0.1, 0.15) is 5.56 Å². The SMILES string of the molecule is Oc1cc(CBr)c2sccc2c1S. The highest BCUT2D eigenvalue weighted by Crippen LogP contribution is 2.36. The number of halogens is 1. The molecule has 1 aromatic heterocycles. The Hall–Kier alpha value is -0.190. The van der Waals surface area contributed by atoms with Gasteiger partial charge in [-0.05, 0) is 23.1 Å². The number of thiol groups is 1. The fourth-order valence-corrected chi connectivity index (χ4v) is 3.15. The number of hydrogen-bond donors (Lipinski definition) is 2. The Morgan fingerprint density at radius 1 is 1.54 bits per heavy atom. The van der Waals surface area contributed by atoms with Crippen molar-refractivity contribution >= 4 is 50.0 Å². The van der Waals surface area contributed by atoms with E-state index >= 15 is 0 Å². The molecule has 0 aliphatic rings. The summed E-state index contributed by atoms with van der Waals surface area (Å²) in [5, 5.41) is 13.4. The summed E-state index contributed by atoms with van der Waals surface area (Å²) in [5.74, 6) is 0.253. The van der Waals surface area contributed by atoms with Crippen molar-refractivity contribution in [3.05, 3.63) is 23.1 Å². The van der Waals surface area contributed by atoms with Gasteiger partial charge in [0.05, 0.1) is 4.90 Å². The molecule has 0 bridgehead atoms. The first-order chi connectivity index (χ1) is 6.24. The van der Waals surface area contributed by atoms with Gasteiger partial charge < -0.3 is 5.11 Å². The number of alkyl halides is 1. The van der Waals surface area contributed by atoms with Crippen LogP contribution in [0.5, 0.6) is 5.75 Å². The van der Waals surface area contributed by atoms with E-state index in [1.165, 1.54) is 4.70 Å². The molecule has 0 aliphatic carbocycles. The summed E-state index contributed by atoms with van der Waals surface area (Å²) in [6.45, 7) is 0. The van der Waals surface area contributed by atoms with Crippen molar-refractivity contribution in [2.24, 2.45) is 0 Å². The monoisotopic (exact) mass is 274 g/mol. The molecule has 2 rings (SSSR count). The molecule has 4 heteroatoms. The molecule has 68 valence electrons. The minimum atomic E-state index is 0.253. The number of phenols is 1. The maximum Gasteiger partial charge on any atom is 0.129 e. The fourth-order valence-electron chi connectivity index (χ4n) is 1.28. The Labute approximate surface area is 93.9 Å². The molecule has 0 saturated heterocycles. The molecule has 0 unspecified atom stereocenters. The predicted molar refractivity (Wildman–Crippen MR) is 63.4 cm³/mol. The van der Waals surface area contributed by atoms with Crippen LogP contribution in [0.4, 0.5) is 0 Å². The highest BCUT2D eigenvalue weighted by Gasteiger charge is 2.08. The van der Waals surface area contributed by atoms with Gasteiger partial charge in [-0.15, -0.1) is 24.0 Å². The van der Waals surface area contributed by atoms with Gasteiger partial charge in [-0.1, -0.05) is 15.9 Å². The van der Waals surface area contributed by atoms with Crippen LogP contribution in [0.3, 0.4) is 0 Å².